The molecule has 0 bridgehead atoms. The van der Waals surface area contributed by atoms with E-state index in [2.05, 4.69) is 20.7 Å². The number of urea groups is 1. The predicted octanol–water partition coefficient (Wildman–Crippen LogP) is 4.20. The number of carbonyl (C=O) groups excluding carboxylic acids is 1. The Balaban J connectivity index is 1.49. The van der Waals surface area contributed by atoms with Crippen LogP contribution in [-0.4, -0.2) is 20.8 Å². The second-order valence-corrected chi connectivity index (χ2v) is 6.42. The number of amides is 2. The first-order valence-electron chi connectivity index (χ1n) is 8.25. The van der Waals surface area contributed by atoms with Gasteiger partial charge in [0.05, 0.1) is 18.3 Å². The van der Waals surface area contributed by atoms with Crippen molar-refractivity contribution < 1.29 is 9.21 Å². The topological polar surface area (TPSA) is 85.0 Å². The van der Waals surface area contributed by atoms with Crippen LogP contribution in [0.4, 0.5) is 10.5 Å². The van der Waals surface area contributed by atoms with Gasteiger partial charge in [-0.05, 0) is 30.3 Å². The zero-order valence-corrected chi connectivity index (χ0v) is 15.2. The molecule has 0 aliphatic carbocycles. The minimum atomic E-state index is -0.325. The van der Waals surface area contributed by atoms with Gasteiger partial charge in [-0.25, -0.2) is 9.78 Å². The minimum Gasteiger partial charge on any atom is -0.447 e. The Labute approximate surface area is 160 Å². The zero-order chi connectivity index (χ0) is 18.8. The van der Waals surface area contributed by atoms with Crippen LogP contribution < -0.4 is 10.6 Å². The maximum atomic E-state index is 12.0. The summed E-state index contributed by atoms with van der Waals surface area (Å²) in [5.41, 5.74) is 3.46. The molecule has 8 heteroatoms. The van der Waals surface area contributed by atoms with Gasteiger partial charge in [0.1, 0.15) is 11.5 Å². The molecule has 27 heavy (non-hydrogen) atoms. The van der Waals surface area contributed by atoms with E-state index in [1.807, 2.05) is 54.2 Å². The number of hydrogen-bond acceptors (Lipinski definition) is 4. The van der Waals surface area contributed by atoms with Gasteiger partial charge in [-0.1, -0.05) is 23.7 Å². The molecule has 136 valence electrons. The number of aryl methyl sites for hydroxylation is 1. The summed E-state index contributed by atoms with van der Waals surface area (Å²) in [6, 6.07) is 12.9. The van der Waals surface area contributed by atoms with Crippen molar-refractivity contribution in [2.45, 2.75) is 6.54 Å². The first kappa shape index (κ1) is 17.1. The fourth-order valence-electron chi connectivity index (χ4n) is 2.83. The number of nitrogens with zero attached hydrogens (tertiary/aromatic N) is 3. The van der Waals surface area contributed by atoms with Gasteiger partial charge in [-0.15, -0.1) is 0 Å². The molecule has 0 spiro atoms. The molecule has 2 aromatic carbocycles. The van der Waals surface area contributed by atoms with E-state index in [0.29, 0.717) is 16.5 Å². The van der Waals surface area contributed by atoms with Gasteiger partial charge in [0, 0.05) is 28.7 Å². The highest BCUT2D eigenvalue weighted by Crippen LogP contribution is 2.30. The Morgan fingerprint density at radius 2 is 2.04 bits per heavy atom. The molecule has 0 unspecified atom stereocenters. The Morgan fingerprint density at radius 1 is 1.22 bits per heavy atom. The molecular weight excluding hydrogens is 366 g/mol. The smallest absolute Gasteiger partial charge is 0.319 e. The number of aromatic nitrogens is 3. The highest BCUT2D eigenvalue weighted by atomic mass is 35.5. The van der Waals surface area contributed by atoms with E-state index in [0.717, 1.165) is 22.2 Å². The van der Waals surface area contributed by atoms with Gasteiger partial charge in [0.15, 0.2) is 6.39 Å². The number of hydrogen-bond donors (Lipinski definition) is 2. The Bertz CT molecular complexity index is 1090. The first-order chi connectivity index (χ1) is 13.1. The molecule has 2 aromatic heterocycles. The van der Waals surface area contributed by atoms with Crippen LogP contribution in [0.5, 0.6) is 0 Å². The van der Waals surface area contributed by atoms with Gasteiger partial charge < -0.3 is 15.1 Å². The van der Waals surface area contributed by atoms with Crippen LogP contribution >= 0.6 is 11.6 Å². The monoisotopic (exact) mass is 381 g/mol. The molecule has 0 saturated carbocycles. The number of benzene rings is 2. The average Bonchev–Trinajstić information content (AvgIpc) is 3.29. The molecule has 2 amide bonds. The normalized spacial score (nSPS) is 10.9. The second-order valence-electron chi connectivity index (χ2n) is 5.99. The molecular formula is C19H16ClN5O2. The van der Waals surface area contributed by atoms with E-state index >= 15 is 0 Å². The van der Waals surface area contributed by atoms with Crippen LogP contribution in [0.1, 0.15) is 5.76 Å². The van der Waals surface area contributed by atoms with Gasteiger partial charge in [0.25, 0.3) is 0 Å². The molecule has 0 atom stereocenters. The van der Waals surface area contributed by atoms with Crippen molar-refractivity contribution >= 4 is 34.2 Å². The summed E-state index contributed by atoms with van der Waals surface area (Å²) in [6.07, 6.45) is 2.88. The maximum Gasteiger partial charge on any atom is 0.319 e. The number of fused-ring (bicyclic) bond motifs is 1. The summed E-state index contributed by atoms with van der Waals surface area (Å²) >= 11 is 6.13. The average molecular weight is 382 g/mol. The summed E-state index contributed by atoms with van der Waals surface area (Å²) in [4.78, 5) is 15.8. The fraction of sp³-hybridized carbons (Fsp3) is 0.105. The van der Waals surface area contributed by atoms with Gasteiger partial charge in [0.2, 0.25) is 0 Å². The number of oxazole rings is 1. The second kappa shape index (κ2) is 7.13. The lowest BCUT2D eigenvalue weighted by Crippen LogP contribution is -2.27. The number of nitrogens with one attached hydrogen (secondary N) is 2. The summed E-state index contributed by atoms with van der Waals surface area (Å²) in [6.45, 7) is 0.268. The molecule has 0 saturated heterocycles. The Kier molecular flexibility index (Phi) is 4.52. The zero-order valence-electron chi connectivity index (χ0n) is 14.4. The molecule has 2 N–H and O–H groups in total. The van der Waals surface area contributed by atoms with Crippen LogP contribution in [-0.2, 0) is 13.6 Å². The third-order valence-corrected chi connectivity index (χ3v) is 4.37. The van der Waals surface area contributed by atoms with Crippen LogP contribution in [0.3, 0.4) is 0 Å². The molecule has 4 rings (SSSR count). The van der Waals surface area contributed by atoms with E-state index in [4.69, 9.17) is 16.0 Å². The molecule has 0 aliphatic heterocycles. The Morgan fingerprint density at radius 3 is 2.78 bits per heavy atom. The van der Waals surface area contributed by atoms with Crippen molar-refractivity contribution in [1.29, 1.82) is 0 Å². The maximum absolute atomic E-state index is 12.0. The fourth-order valence-corrected chi connectivity index (χ4v) is 3.01. The van der Waals surface area contributed by atoms with E-state index in [1.54, 1.807) is 6.20 Å². The summed E-state index contributed by atoms with van der Waals surface area (Å²) in [5.74, 6) is 0.584. The highest BCUT2D eigenvalue weighted by Gasteiger charge is 2.11. The van der Waals surface area contributed by atoms with Crippen molar-refractivity contribution in [2.24, 2.45) is 7.05 Å². The molecule has 0 fully saturated rings. The first-order valence-corrected chi connectivity index (χ1v) is 8.63. The summed E-state index contributed by atoms with van der Waals surface area (Å²) in [7, 11) is 1.90. The highest BCUT2D eigenvalue weighted by molar-refractivity contribution is 6.31. The number of anilines is 1. The lowest BCUT2D eigenvalue weighted by molar-refractivity contribution is 0.251. The number of rotatable bonds is 4. The quantitative estimate of drug-likeness (QED) is 0.554. The third kappa shape index (κ3) is 3.63. The summed E-state index contributed by atoms with van der Waals surface area (Å²) < 4.78 is 6.90. The van der Waals surface area contributed by atoms with Crippen LogP contribution in [0.15, 0.2) is 59.5 Å². The van der Waals surface area contributed by atoms with Crippen molar-refractivity contribution in [3.63, 3.8) is 0 Å². The van der Waals surface area contributed by atoms with E-state index in [9.17, 15) is 4.79 Å². The molecule has 0 aliphatic rings. The van der Waals surface area contributed by atoms with Crippen molar-refractivity contribution in [3.05, 3.63) is 65.8 Å². The van der Waals surface area contributed by atoms with Crippen LogP contribution in [0.2, 0.25) is 5.02 Å². The van der Waals surface area contributed by atoms with E-state index in [1.165, 1.54) is 6.39 Å². The largest absolute Gasteiger partial charge is 0.447 e. The lowest BCUT2D eigenvalue weighted by Gasteiger charge is -2.07. The SMILES string of the molecule is Cn1nc(-c2ccc(NC(=O)NCc3cnco3)cc2)c2cc(Cl)ccc21. The van der Waals surface area contributed by atoms with Gasteiger partial charge in [-0.3, -0.25) is 4.68 Å². The van der Waals surface area contributed by atoms with Crippen molar-refractivity contribution in [1.82, 2.24) is 20.1 Å². The molecule has 0 radical (unpaired) electrons. The third-order valence-electron chi connectivity index (χ3n) is 4.14. The van der Waals surface area contributed by atoms with E-state index in [-0.39, 0.29) is 12.6 Å². The van der Waals surface area contributed by atoms with Gasteiger partial charge >= 0.3 is 6.03 Å². The van der Waals surface area contributed by atoms with Crippen LogP contribution in [0, 0.1) is 0 Å². The molecule has 2 heterocycles. The minimum absolute atomic E-state index is 0.268. The Hall–Kier alpha value is -3.32. The number of carbonyl (C=O) groups is 1. The number of halogens is 1. The summed E-state index contributed by atoms with van der Waals surface area (Å²) in [5, 5.41) is 11.7. The van der Waals surface area contributed by atoms with Gasteiger partial charge in [-0.2, -0.15) is 5.10 Å². The predicted molar refractivity (Wildman–Crippen MR) is 104 cm³/mol. The van der Waals surface area contributed by atoms with Crippen LogP contribution in [0.25, 0.3) is 22.2 Å². The molecule has 7 nitrogen and oxygen atoms in total. The lowest BCUT2D eigenvalue weighted by atomic mass is 10.1. The van der Waals surface area contributed by atoms with E-state index < -0.39 is 0 Å². The van der Waals surface area contributed by atoms with Crippen molar-refractivity contribution in [3.8, 4) is 11.3 Å². The standard InChI is InChI=1S/C19H16ClN5O2/c1-25-17-7-4-13(20)8-16(17)18(24-25)12-2-5-14(6-3-12)23-19(26)22-10-15-9-21-11-27-15/h2-9,11H,10H2,1H3,(H2,22,23,26). The van der Waals surface area contributed by atoms with Crippen molar-refractivity contribution in [2.75, 3.05) is 5.32 Å². The molecule has 4 aromatic rings.